The van der Waals surface area contributed by atoms with Gasteiger partial charge in [-0.1, -0.05) is 30.3 Å². The van der Waals surface area contributed by atoms with Crippen molar-refractivity contribution in [3.63, 3.8) is 0 Å². The molecule has 5 rings (SSSR count). The van der Waals surface area contributed by atoms with Gasteiger partial charge in [0.2, 0.25) is 5.89 Å². The van der Waals surface area contributed by atoms with Crippen molar-refractivity contribution in [1.82, 2.24) is 25.5 Å². The fraction of sp³-hybridized carbons (Fsp3) is 0.300. The summed E-state index contributed by atoms with van der Waals surface area (Å²) in [4.78, 5) is 35.7. The van der Waals surface area contributed by atoms with Crippen molar-refractivity contribution in [2.75, 3.05) is 11.9 Å². The number of hydrogen-bond donors (Lipinski definition) is 1. The van der Waals surface area contributed by atoms with Gasteiger partial charge in [0, 0.05) is 25.4 Å². The average molecular weight is 390 g/mol. The van der Waals surface area contributed by atoms with Gasteiger partial charge in [0.1, 0.15) is 6.04 Å². The molecular formula is C20H18N6O3. The maximum atomic E-state index is 12.9. The molecule has 3 unspecified atom stereocenters. The first-order valence-electron chi connectivity index (χ1n) is 9.37. The number of fused-ring (bicyclic) bond motifs is 3. The molecule has 9 nitrogen and oxygen atoms in total. The first-order valence-corrected chi connectivity index (χ1v) is 9.37. The van der Waals surface area contributed by atoms with Crippen LogP contribution >= 0.6 is 0 Å². The number of rotatable bonds is 4. The highest BCUT2D eigenvalue weighted by Gasteiger charge is 2.53. The summed E-state index contributed by atoms with van der Waals surface area (Å²) in [5, 5.41) is 10.6. The van der Waals surface area contributed by atoms with Crippen LogP contribution in [0.25, 0.3) is 0 Å². The highest BCUT2D eigenvalue weighted by Crippen LogP contribution is 2.53. The van der Waals surface area contributed by atoms with Crippen molar-refractivity contribution in [1.29, 1.82) is 0 Å². The van der Waals surface area contributed by atoms with Gasteiger partial charge in [-0.25, -0.2) is 4.98 Å². The second-order valence-electron chi connectivity index (χ2n) is 7.28. The van der Waals surface area contributed by atoms with E-state index in [0.29, 0.717) is 18.1 Å². The Morgan fingerprint density at radius 3 is 2.83 bits per heavy atom. The van der Waals surface area contributed by atoms with Crippen molar-refractivity contribution in [2.24, 2.45) is 5.92 Å². The minimum atomic E-state index is -0.682. The van der Waals surface area contributed by atoms with Crippen molar-refractivity contribution in [2.45, 2.75) is 24.8 Å². The topological polar surface area (TPSA) is 114 Å². The van der Waals surface area contributed by atoms with Gasteiger partial charge in [0.15, 0.2) is 5.82 Å². The molecule has 1 aliphatic heterocycles. The van der Waals surface area contributed by atoms with Crippen LogP contribution in [0.3, 0.4) is 0 Å². The van der Waals surface area contributed by atoms with Crippen molar-refractivity contribution < 1.29 is 14.0 Å². The van der Waals surface area contributed by atoms with Crippen LogP contribution in [0.1, 0.15) is 40.2 Å². The molecule has 146 valence electrons. The van der Waals surface area contributed by atoms with E-state index in [1.165, 1.54) is 4.90 Å². The normalized spacial score (nSPS) is 22.4. The van der Waals surface area contributed by atoms with Crippen LogP contribution in [0.15, 0.2) is 47.1 Å². The van der Waals surface area contributed by atoms with E-state index in [1.54, 1.807) is 19.4 Å². The van der Waals surface area contributed by atoms with E-state index < -0.39 is 11.9 Å². The summed E-state index contributed by atoms with van der Waals surface area (Å²) in [6.45, 7) is 0. The number of carbonyl (C=O) groups is 2. The molecule has 1 saturated carbocycles. The van der Waals surface area contributed by atoms with E-state index >= 15 is 0 Å². The smallest absolute Gasteiger partial charge is 0.309 e. The van der Waals surface area contributed by atoms with E-state index in [2.05, 4.69) is 25.5 Å². The highest BCUT2D eigenvalue weighted by molar-refractivity contribution is 6.02. The quantitative estimate of drug-likeness (QED) is 0.715. The van der Waals surface area contributed by atoms with Gasteiger partial charge in [-0.2, -0.15) is 0 Å². The zero-order valence-corrected chi connectivity index (χ0v) is 15.6. The number of benzene rings is 1. The summed E-state index contributed by atoms with van der Waals surface area (Å²) in [6, 6.07) is 8.96. The largest absolute Gasteiger partial charge is 0.417 e. The predicted molar refractivity (Wildman–Crippen MR) is 101 cm³/mol. The third kappa shape index (κ3) is 3.14. The SMILES string of the molecule is CN1C(=O)C(NC(=O)c2nnc(Cc3ccccc3)o2)C2CC2c2nccnc21. The van der Waals surface area contributed by atoms with Crippen LogP contribution in [0.5, 0.6) is 0 Å². The molecule has 2 aromatic heterocycles. The van der Waals surface area contributed by atoms with Gasteiger partial charge >= 0.3 is 11.8 Å². The lowest BCUT2D eigenvalue weighted by atomic mass is 10.1. The van der Waals surface area contributed by atoms with Crippen LogP contribution in [0.4, 0.5) is 5.82 Å². The molecule has 2 aliphatic rings. The van der Waals surface area contributed by atoms with Crippen LogP contribution in [0, 0.1) is 5.92 Å². The molecule has 0 bridgehead atoms. The molecule has 3 aromatic rings. The molecule has 2 amide bonds. The maximum absolute atomic E-state index is 12.9. The number of carbonyl (C=O) groups excluding carboxylic acids is 2. The first kappa shape index (κ1) is 17.5. The Kier molecular flexibility index (Phi) is 4.08. The van der Waals surface area contributed by atoms with Gasteiger partial charge in [0.25, 0.3) is 5.91 Å². The summed E-state index contributed by atoms with van der Waals surface area (Å²) in [7, 11) is 1.64. The molecule has 1 aliphatic carbocycles. The second-order valence-corrected chi connectivity index (χ2v) is 7.28. The Morgan fingerprint density at radius 2 is 2.00 bits per heavy atom. The summed E-state index contributed by atoms with van der Waals surface area (Å²) in [5.41, 5.74) is 1.80. The number of anilines is 1. The molecule has 9 heteroatoms. The summed E-state index contributed by atoms with van der Waals surface area (Å²) in [5.74, 6) is 0.0463. The van der Waals surface area contributed by atoms with Crippen molar-refractivity contribution in [3.8, 4) is 0 Å². The van der Waals surface area contributed by atoms with Gasteiger partial charge in [-0.15, -0.1) is 10.2 Å². The number of aromatic nitrogens is 4. The molecular weight excluding hydrogens is 372 g/mol. The number of amides is 2. The number of hydrogen-bond acceptors (Lipinski definition) is 7. The minimum Gasteiger partial charge on any atom is -0.417 e. The Labute approximate surface area is 166 Å². The Balaban J connectivity index is 1.32. The standard InChI is InChI=1S/C20H18N6O3/c1-26-17-15(21-7-8-22-17)12-10-13(12)16(20(26)28)23-18(27)19-25-24-14(29-19)9-11-5-3-2-4-6-11/h2-8,12-13,16H,9-10H2,1H3,(H,23,27). The zero-order valence-electron chi connectivity index (χ0n) is 15.6. The molecule has 3 atom stereocenters. The minimum absolute atomic E-state index is 0.0152. The fourth-order valence-corrected chi connectivity index (χ4v) is 3.81. The Morgan fingerprint density at radius 1 is 1.21 bits per heavy atom. The number of nitrogens with one attached hydrogen (secondary N) is 1. The lowest BCUT2D eigenvalue weighted by Crippen LogP contribution is -2.48. The van der Waals surface area contributed by atoms with E-state index in [9.17, 15) is 9.59 Å². The fourth-order valence-electron chi connectivity index (χ4n) is 3.81. The Bertz CT molecular complexity index is 1080. The van der Waals surface area contributed by atoms with Crippen LogP contribution < -0.4 is 10.2 Å². The molecule has 29 heavy (non-hydrogen) atoms. The first-order chi connectivity index (χ1) is 14.1. The van der Waals surface area contributed by atoms with Crippen LogP contribution in [0.2, 0.25) is 0 Å². The van der Waals surface area contributed by atoms with Gasteiger partial charge < -0.3 is 9.73 Å². The summed E-state index contributed by atoms with van der Waals surface area (Å²) < 4.78 is 5.51. The average Bonchev–Trinajstić information content (AvgIpc) is 3.41. The Hall–Kier alpha value is -3.62. The summed E-state index contributed by atoms with van der Waals surface area (Å²) in [6.07, 6.45) is 4.40. The lowest BCUT2D eigenvalue weighted by molar-refractivity contribution is -0.120. The van der Waals surface area contributed by atoms with E-state index in [-0.39, 0.29) is 23.6 Å². The highest BCUT2D eigenvalue weighted by atomic mass is 16.4. The van der Waals surface area contributed by atoms with Crippen LogP contribution in [-0.2, 0) is 11.2 Å². The molecule has 1 fully saturated rings. The maximum Gasteiger partial charge on any atom is 0.309 e. The molecule has 0 saturated heterocycles. The predicted octanol–water partition coefficient (Wildman–Crippen LogP) is 1.33. The molecule has 0 radical (unpaired) electrons. The second kappa shape index (κ2) is 6.77. The molecule has 1 aromatic carbocycles. The van der Waals surface area contributed by atoms with Gasteiger partial charge in [-0.3, -0.25) is 19.5 Å². The lowest BCUT2D eigenvalue weighted by Gasteiger charge is -2.21. The van der Waals surface area contributed by atoms with E-state index in [1.807, 2.05) is 30.3 Å². The van der Waals surface area contributed by atoms with E-state index in [4.69, 9.17) is 4.42 Å². The van der Waals surface area contributed by atoms with Gasteiger partial charge in [-0.05, 0) is 17.9 Å². The van der Waals surface area contributed by atoms with Gasteiger partial charge in [0.05, 0.1) is 12.1 Å². The third-order valence-electron chi connectivity index (χ3n) is 5.39. The van der Waals surface area contributed by atoms with E-state index in [0.717, 1.165) is 17.7 Å². The molecule has 0 spiro atoms. The van der Waals surface area contributed by atoms with Crippen LogP contribution in [-0.4, -0.2) is 45.1 Å². The number of nitrogens with zero attached hydrogens (tertiary/aromatic N) is 5. The molecule has 1 N–H and O–H groups in total. The molecule has 3 heterocycles. The van der Waals surface area contributed by atoms with Crippen molar-refractivity contribution in [3.05, 3.63) is 65.8 Å². The summed E-state index contributed by atoms with van der Waals surface area (Å²) >= 11 is 0. The van der Waals surface area contributed by atoms with Crippen molar-refractivity contribution >= 4 is 17.6 Å². The zero-order chi connectivity index (χ0) is 20.0. The monoisotopic (exact) mass is 390 g/mol. The third-order valence-corrected chi connectivity index (χ3v) is 5.39. The number of likely N-dealkylation sites (N-methyl/N-ethyl adjacent to an activating group) is 1.